The fourth-order valence-corrected chi connectivity index (χ4v) is 5.24. The number of amides is 2. The van der Waals surface area contributed by atoms with E-state index in [2.05, 4.69) is 5.32 Å². The molecule has 7 heteroatoms. The van der Waals surface area contributed by atoms with Crippen LogP contribution < -0.4 is 19.5 Å². The Balaban J connectivity index is 1.44. The molecule has 174 valence electrons. The van der Waals surface area contributed by atoms with Crippen LogP contribution >= 0.6 is 0 Å². The summed E-state index contributed by atoms with van der Waals surface area (Å²) in [6, 6.07) is 16.7. The second-order valence-electron chi connectivity index (χ2n) is 9.09. The van der Waals surface area contributed by atoms with Crippen LogP contribution in [0.5, 0.6) is 17.2 Å². The summed E-state index contributed by atoms with van der Waals surface area (Å²) in [6.45, 7) is 0.314. The smallest absolute Gasteiger partial charge is 0.261 e. The lowest BCUT2D eigenvalue weighted by Gasteiger charge is -2.31. The van der Waals surface area contributed by atoms with Crippen molar-refractivity contribution in [2.45, 2.75) is 44.3 Å². The molecule has 1 N–H and O–H groups in total. The highest BCUT2D eigenvalue weighted by atomic mass is 16.7. The second-order valence-corrected chi connectivity index (χ2v) is 9.09. The monoisotopic (exact) mass is 458 g/mol. The van der Waals surface area contributed by atoms with E-state index in [1.54, 1.807) is 4.90 Å². The molecule has 0 spiro atoms. The predicted octanol–water partition coefficient (Wildman–Crippen LogP) is 4.09. The van der Waals surface area contributed by atoms with Gasteiger partial charge in [-0.2, -0.15) is 0 Å². The van der Waals surface area contributed by atoms with E-state index in [1.807, 2.05) is 54.6 Å². The molecule has 0 bridgehead atoms. The van der Waals surface area contributed by atoms with Crippen molar-refractivity contribution >= 4 is 22.6 Å². The molecular weight excluding hydrogens is 432 g/mol. The standard InChI is InChI=1S/C27H26N2O5/c30-24-15-32-22-12-10-18-5-1-4-8-20(18)25(22)26(27(31)28-19-6-2-3-7-19)29(24)14-17-9-11-21-23(13-17)34-16-33-21/h1,4-5,8-13,19,26H,2-3,6-7,14-16H2,(H,28,31). The number of nitrogens with one attached hydrogen (secondary N) is 1. The zero-order chi connectivity index (χ0) is 23.1. The van der Waals surface area contributed by atoms with Crippen LogP contribution in [0.3, 0.4) is 0 Å². The van der Waals surface area contributed by atoms with Crippen LogP contribution in [0, 0.1) is 0 Å². The SMILES string of the molecule is O=C(NC1CCCC1)C1c2c(ccc3ccccc23)OCC(=O)N1Cc1ccc2c(c1)OCO2. The van der Waals surface area contributed by atoms with Gasteiger partial charge in [0.15, 0.2) is 18.1 Å². The van der Waals surface area contributed by atoms with Gasteiger partial charge in [0.1, 0.15) is 11.8 Å². The topological polar surface area (TPSA) is 77.1 Å². The van der Waals surface area contributed by atoms with E-state index >= 15 is 0 Å². The predicted molar refractivity (Wildman–Crippen MR) is 126 cm³/mol. The molecule has 3 aromatic rings. The van der Waals surface area contributed by atoms with Crippen LogP contribution in [0.15, 0.2) is 54.6 Å². The average Bonchev–Trinajstić information content (AvgIpc) is 3.51. The molecule has 1 unspecified atom stereocenters. The van der Waals surface area contributed by atoms with Gasteiger partial charge >= 0.3 is 0 Å². The van der Waals surface area contributed by atoms with Gasteiger partial charge in [0.25, 0.3) is 5.91 Å². The first-order chi connectivity index (χ1) is 16.7. The highest BCUT2D eigenvalue weighted by molar-refractivity contribution is 5.97. The van der Waals surface area contributed by atoms with E-state index in [0.29, 0.717) is 17.2 Å². The van der Waals surface area contributed by atoms with Gasteiger partial charge in [0.05, 0.1) is 0 Å². The first kappa shape index (κ1) is 20.8. The van der Waals surface area contributed by atoms with Crippen molar-refractivity contribution in [1.82, 2.24) is 10.2 Å². The zero-order valence-corrected chi connectivity index (χ0v) is 18.8. The molecule has 1 fully saturated rings. The third kappa shape index (κ3) is 3.71. The molecule has 0 aromatic heterocycles. The van der Waals surface area contributed by atoms with Gasteiger partial charge in [-0.25, -0.2) is 0 Å². The molecule has 34 heavy (non-hydrogen) atoms. The van der Waals surface area contributed by atoms with Crippen LogP contribution in [-0.4, -0.2) is 36.2 Å². The van der Waals surface area contributed by atoms with Gasteiger partial charge in [0.2, 0.25) is 12.7 Å². The fraction of sp³-hybridized carbons (Fsp3) is 0.333. The maximum atomic E-state index is 13.8. The highest BCUT2D eigenvalue weighted by Gasteiger charge is 2.38. The third-order valence-corrected chi connectivity index (χ3v) is 6.93. The Morgan fingerprint density at radius 2 is 1.74 bits per heavy atom. The van der Waals surface area contributed by atoms with Crippen LogP contribution in [0.1, 0.15) is 42.9 Å². The van der Waals surface area contributed by atoms with Crippen LogP contribution in [0.25, 0.3) is 10.8 Å². The van der Waals surface area contributed by atoms with Crippen molar-refractivity contribution in [3.63, 3.8) is 0 Å². The quantitative estimate of drug-likeness (QED) is 0.637. The number of ether oxygens (including phenoxy) is 3. The van der Waals surface area contributed by atoms with E-state index < -0.39 is 6.04 Å². The number of rotatable bonds is 4. The van der Waals surface area contributed by atoms with E-state index in [9.17, 15) is 9.59 Å². The minimum atomic E-state index is -0.804. The maximum Gasteiger partial charge on any atom is 0.261 e. The minimum absolute atomic E-state index is 0.122. The molecule has 1 aliphatic carbocycles. The fourth-order valence-electron chi connectivity index (χ4n) is 5.24. The molecular formula is C27H26N2O5. The van der Waals surface area contributed by atoms with Crippen LogP contribution in [-0.2, 0) is 16.1 Å². The van der Waals surface area contributed by atoms with Gasteiger partial charge in [-0.3, -0.25) is 9.59 Å². The molecule has 6 rings (SSSR count). The number of hydrogen-bond donors (Lipinski definition) is 1. The summed E-state index contributed by atoms with van der Waals surface area (Å²) in [5, 5.41) is 5.14. The summed E-state index contributed by atoms with van der Waals surface area (Å²) in [7, 11) is 0. The number of carbonyl (C=O) groups excluding carboxylic acids is 2. The normalized spacial score (nSPS) is 19.6. The molecule has 2 heterocycles. The van der Waals surface area contributed by atoms with Gasteiger partial charge in [-0.05, 0) is 47.4 Å². The molecule has 0 radical (unpaired) electrons. The Labute approximate surface area is 197 Å². The van der Waals surface area contributed by atoms with Gasteiger partial charge in [-0.15, -0.1) is 0 Å². The summed E-state index contributed by atoms with van der Waals surface area (Å²) in [4.78, 5) is 28.9. The second kappa shape index (κ2) is 8.56. The Morgan fingerprint density at radius 3 is 2.62 bits per heavy atom. The molecule has 0 saturated heterocycles. The Kier molecular flexibility index (Phi) is 5.24. The lowest BCUT2D eigenvalue weighted by Crippen LogP contribution is -2.46. The number of benzene rings is 3. The summed E-state index contributed by atoms with van der Waals surface area (Å²) in [5.74, 6) is 1.51. The highest BCUT2D eigenvalue weighted by Crippen LogP contribution is 2.40. The summed E-state index contributed by atoms with van der Waals surface area (Å²) in [5.41, 5.74) is 1.60. The van der Waals surface area contributed by atoms with Crippen molar-refractivity contribution < 1.29 is 23.8 Å². The van der Waals surface area contributed by atoms with Crippen molar-refractivity contribution in [2.24, 2.45) is 0 Å². The van der Waals surface area contributed by atoms with Crippen LogP contribution in [0.2, 0.25) is 0 Å². The zero-order valence-electron chi connectivity index (χ0n) is 18.8. The van der Waals surface area contributed by atoms with Crippen molar-refractivity contribution in [3.8, 4) is 17.2 Å². The summed E-state index contributed by atoms with van der Waals surface area (Å²) in [6.07, 6.45) is 4.15. The summed E-state index contributed by atoms with van der Waals surface area (Å²) < 4.78 is 16.9. The Morgan fingerprint density at radius 1 is 0.941 bits per heavy atom. The van der Waals surface area contributed by atoms with E-state index in [4.69, 9.17) is 14.2 Å². The third-order valence-electron chi connectivity index (χ3n) is 6.93. The van der Waals surface area contributed by atoms with Gasteiger partial charge in [0, 0.05) is 18.2 Å². The lowest BCUT2D eigenvalue weighted by atomic mass is 9.95. The molecule has 3 aromatic carbocycles. The molecule has 2 aliphatic heterocycles. The minimum Gasteiger partial charge on any atom is -0.483 e. The molecule has 2 amide bonds. The first-order valence-electron chi connectivity index (χ1n) is 11.8. The summed E-state index contributed by atoms with van der Waals surface area (Å²) >= 11 is 0. The molecule has 7 nitrogen and oxygen atoms in total. The Bertz CT molecular complexity index is 1270. The maximum absolute atomic E-state index is 13.8. The average molecular weight is 459 g/mol. The largest absolute Gasteiger partial charge is 0.483 e. The van der Waals surface area contributed by atoms with E-state index in [1.165, 1.54) is 0 Å². The van der Waals surface area contributed by atoms with Crippen molar-refractivity contribution in [3.05, 3.63) is 65.7 Å². The number of hydrogen-bond acceptors (Lipinski definition) is 5. The molecule has 3 aliphatic rings. The van der Waals surface area contributed by atoms with Gasteiger partial charge in [-0.1, -0.05) is 49.2 Å². The van der Waals surface area contributed by atoms with Crippen molar-refractivity contribution in [2.75, 3.05) is 13.4 Å². The van der Waals surface area contributed by atoms with Gasteiger partial charge < -0.3 is 24.4 Å². The number of fused-ring (bicyclic) bond motifs is 4. The van der Waals surface area contributed by atoms with E-state index in [-0.39, 0.29) is 37.8 Å². The van der Waals surface area contributed by atoms with Crippen molar-refractivity contribution in [1.29, 1.82) is 0 Å². The lowest BCUT2D eigenvalue weighted by molar-refractivity contribution is -0.142. The molecule has 1 atom stereocenters. The first-order valence-corrected chi connectivity index (χ1v) is 11.8. The van der Waals surface area contributed by atoms with E-state index in [0.717, 1.165) is 47.6 Å². The molecule has 1 saturated carbocycles. The number of carbonyl (C=O) groups is 2. The number of nitrogens with zero attached hydrogens (tertiary/aromatic N) is 1. The Hall–Kier alpha value is -3.74. The van der Waals surface area contributed by atoms with Crippen LogP contribution in [0.4, 0.5) is 0 Å².